The van der Waals surface area contributed by atoms with Crippen LogP contribution in [0.2, 0.25) is 0 Å². The Bertz CT molecular complexity index is 1190. The van der Waals surface area contributed by atoms with Crippen LogP contribution in [0.5, 0.6) is 5.75 Å². The number of benzene rings is 1. The lowest BCUT2D eigenvalue weighted by Crippen LogP contribution is -2.34. The van der Waals surface area contributed by atoms with Gasteiger partial charge in [-0.3, -0.25) is 9.36 Å². The molecule has 0 aliphatic carbocycles. The fourth-order valence-electron chi connectivity index (χ4n) is 3.71. The van der Waals surface area contributed by atoms with Crippen LogP contribution in [0.25, 0.3) is 10.2 Å². The first-order valence-corrected chi connectivity index (χ1v) is 11.7. The molecule has 8 nitrogen and oxygen atoms in total. The largest absolute Gasteiger partial charge is 0.490 e. The fourth-order valence-corrected chi connectivity index (χ4v) is 4.80. The molecule has 0 radical (unpaired) electrons. The van der Waals surface area contributed by atoms with E-state index < -0.39 is 12.1 Å². The lowest BCUT2D eigenvalue weighted by molar-refractivity contribution is 0.0531. The number of hydrogen-bond acceptors (Lipinski definition) is 8. The molecule has 3 aromatic rings. The minimum atomic E-state index is -0.926. The van der Waals surface area contributed by atoms with Crippen LogP contribution in [0.3, 0.4) is 0 Å². The van der Waals surface area contributed by atoms with Crippen molar-refractivity contribution in [3.05, 3.63) is 55.9 Å². The Morgan fingerprint density at radius 3 is 2.52 bits per heavy atom. The van der Waals surface area contributed by atoms with Gasteiger partial charge in [0, 0.05) is 0 Å². The van der Waals surface area contributed by atoms with Crippen LogP contribution in [-0.4, -0.2) is 58.9 Å². The van der Waals surface area contributed by atoms with Crippen LogP contribution in [0.15, 0.2) is 23.0 Å². The lowest BCUT2D eigenvalue weighted by Gasteiger charge is -2.20. The van der Waals surface area contributed by atoms with E-state index in [1.807, 2.05) is 51.0 Å². The standard InChI is InChI=1S/C24H31N3O5S/c1-7-31-24(30)21-16(4)19-22(33-21)25-18(12-26(5)6)27(23(19)29)11-17(28)13-32-20-14(2)9-8-10-15(20)3/h8-10,17,28H,7,11-13H2,1-6H3. The Morgan fingerprint density at radius 2 is 1.91 bits per heavy atom. The maximum Gasteiger partial charge on any atom is 0.348 e. The number of aromatic nitrogens is 2. The van der Waals surface area contributed by atoms with Gasteiger partial charge in [-0.25, -0.2) is 9.78 Å². The van der Waals surface area contributed by atoms with Crippen molar-refractivity contribution in [2.45, 2.75) is 46.9 Å². The molecule has 1 atom stereocenters. The van der Waals surface area contributed by atoms with Gasteiger partial charge in [0.15, 0.2) is 0 Å². The van der Waals surface area contributed by atoms with Crippen molar-refractivity contribution < 1.29 is 19.4 Å². The van der Waals surface area contributed by atoms with Gasteiger partial charge >= 0.3 is 5.97 Å². The second-order valence-electron chi connectivity index (χ2n) is 8.32. The van der Waals surface area contributed by atoms with E-state index in [2.05, 4.69) is 4.98 Å². The first-order valence-electron chi connectivity index (χ1n) is 10.9. The molecule has 0 bridgehead atoms. The minimum absolute atomic E-state index is 0.0277. The summed E-state index contributed by atoms with van der Waals surface area (Å²) in [6.45, 7) is 8.09. The van der Waals surface area contributed by atoms with Gasteiger partial charge in [0.25, 0.3) is 5.56 Å². The number of para-hydroxylation sites is 1. The third-order valence-corrected chi connectivity index (χ3v) is 6.44. The van der Waals surface area contributed by atoms with E-state index in [0.29, 0.717) is 33.0 Å². The van der Waals surface area contributed by atoms with E-state index in [4.69, 9.17) is 9.47 Å². The van der Waals surface area contributed by atoms with Crippen LogP contribution >= 0.6 is 11.3 Å². The molecule has 0 aliphatic heterocycles. The number of fused-ring (bicyclic) bond motifs is 1. The molecular weight excluding hydrogens is 442 g/mol. The average Bonchev–Trinajstić information content (AvgIpc) is 3.06. The van der Waals surface area contributed by atoms with E-state index in [1.165, 1.54) is 4.57 Å². The summed E-state index contributed by atoms with van der Waals surface area (Å²) in [5.41, 5.74) is 2.23. The molecule has 9 heteroatoms. The zero-order chi connectivity index (χ0) is 24.3. The smallest absolute Gasteiger partial charge is 0.348 e. The summed E-state index contributed by atoms with van der Waals surface area (Å²) in [5.74, 6) is 0.791. The van der Waals surface area contributed by atoms with Crippen LogP contribution in [0, 0.1) is 20.8 Å². The van der Waals surface area contributed by atoms with Crippen LogP contribution in [-0.2, 0) is 17.8 Å². The third kappa shape index (κ3) is 5.43. The van der Waals surface area contributed by atoms with Crippen molar-refractivity contribution in [3.63, 3.8) is 0 Å². The van der Waals surface area contributed by atoms with E-state index in [-0.39, 0.29) is 25.3 Å². The predicted molar refractivity (Wildman–Crippen MR) is 129 cm³/mol. The number of thiophene rings is 1. The molecule has 1 aromatic carbocycles. The highest BCUT2D eigenvalue weighted by atomic mass is 32.1. The lowest BCUT2D eigenvalue weighted by atomic mass is 10.1. The number of nitrogens with zero attached hydrogens (tertiary/aromatic N) is 3. The van der Waals surface area contributed by atoms with E-state index in [9.17, 15) is 14.7 Å². The third-order valence-electron chi connectivity index (χ3n) is 5.27. The Hall–Kier alpha value is -2.75. The number of aryl methyl sites for hydroxylation is 3. The normalized spacial score (nSPS) is 12.4. The van der Waals surface area contributed by atoms with E-state index in [1.54, 1.807) is 13.8 Å². The first kappa shape index (κ1) is 24.9. The van der Waals surface area contributed by atoms with Crippen LogP contribution in [0.4, 0.5) is 0 Å². The first-order chi connectivity index (χ1) is 15.6. The van der Waals surface area contributed by atoms with Gasteiger partial charge in [-0.05, 0) is 58.5 Å². The Labute approximate surface area is 197 Å². The molecule has 33 heavy (non-hydrogen) atoms. The van der Waals surface area contributed by atoms with Crippen molar-refractivity contribution in [2.75, 3.05) is 27.3 Å². The number of hydrogen-bond donors (Lipinski definition) is 1. The van der Waals surface area contributed by atoms with Crippen molar-refractivity contribution >= 4 is 27.5 Å². The van der Waals surface area contributed by atoms with Gasteiger partial charge in [0.1, 0.15) is 34.0 Å². The number of aliphatic hydroxyl groups excluding tert-OH is 1. The second kappa shape index (κ2) is 10.5. The quantitative estimate of drug-likeness (QED) is 0.477. The maximum absolute atomic E-state index is 13.5. The zero-order valence-electron chi connectivity index (χ0n) is 20.0. The van der Waals surface area contributed by atoms with Crippen molar-refractivity contribution in [2.24, 2.45) is 0 Å². The van der Waals surface area contributed by atoms with Gasteiger partial charge in [-0.15, -0.1) is 11.3 Å². The number of aliphatic hydroxyl groups is 1. The highest BCUT2D eigenvalue weighted by Gasteiger charge is 2.23. The Morgan fingerprint density at radius 1 is 1.24 bits per heavy atom. The maximum atomic E-state index is 13.5. The molecule has 1 N–H and O–H groups in total. The van der Waals surface area contributed by atoms with Crippen molar-refractivity contribution in [3.8, 4) is 5.75 Å². The summed E-state index contributed by atoms with van der Waals surface area (Å²) in [5, 5.41) is 11.1. The Kier molecular flexibility index (Phi) is 7.88. The molecule has 0 fully saturated rings. The molecule has 2 heterocycles. The van der Waals surface area contributed by atoms with Gasteiger partial charge in [0.2, 0.25) is 0 Å². The summed E-state index contributed by atoms with van der Waals surface area (Å²) in [7, 11) is 3.76. The average molecular weight is 474 g/mol. The van der Waals surface area contributed by atoms with Gasteiger partial charge in [0.05, 0.1) is 25.1 Å². The molecule has 1 unspecified atom stereocenters. The van der Waals surface area contributed by atoms with Crippen molar-refractivity contribution in [1.29, 1.82) is 0 Å². The minimum Gasteiger partial charge on any atom is -0.490 e. The number of carbonyl (C=O) groups is 1. The summed E-state index contributed by atoms with van der Waals surface area (Å²) in [6, 6.07) is 5.86. The SMILES string of the molecule is CCOC(=O)c1sc2nc(CN(C)C)n(CC(O)COc3c(C)cccc3C)c(=O)c2c1C. The van der Waals surface area contributed by atoms with Gasteiger partial charge in [-0.1, -0.05) is 18.2 Å². The molecule has 0 aliphatic rings. The Balaban J connectivity index is 1.96. The molecule has 2 aromatic heterocycles. The van der Waals surface area contributed by atoms with Gasteiger partial charge in [-0.2, -0.15) is 0 Å². The monoisotopic (exact) mass is 473 g/mol. The topological polar surface area (TPSA) is 93.9 Å². The van der Waals surface area contributed by atoms with Crippen LogP contribution in [0.1, 0.15) is 39.1 Å². The predicted octanol–water partition coefficient (Wildman–Crippen LogP) is 3.06. The zero-order valence-corrected chi connectivity index (χ0v) is 20.8. The number of ether oxygens (including phenoxy) is 2. The summed E-state index contributed by atoms with van der Waals surface area (Å²) in [4.78, 5) is 33.3. The molecular formula is C24H31N3O5S. The van der Waals surface area contributed by atoms with Crippen LogP contribution < -0.4 is 10.3 Å². The molecule has 0 amide bonds. The molecule has 178 valence electrons. The fraction of sp³-hybridized carbons (Fsp3) is 0.458. The number of carbonyl (C=O) groups excluding carboxylic acids is 1. The highest BCUT2D eigenvalue weighted by Crippen LogP contribution is 2.28. The molecule has 3 rings (SSSR count). The van der Waals surface area contributed by atoms with Crippen molar-refractivity contribution in [1.82, 2.24) is 14.5 Å². The summed E-state index contributed by atoms with van der Waals surface area (Å²) in [6.07, 6.45) is -0.926. The molecule has 0 saturated carbocycles. The summed E-state index contributed by atoms with van der Waals surface area (Å²) >= 11 is 1.16. The van der Waals surface area contributed by atoms with Gasteiger partial charge < -0.3 is 19.5 Å². The van der Waals surface area contributed by atoms with E-state index >= 15 is 0 Å². The highest BCUT2D eigenvalue weighted by molar-refractivity contribution is 7.20. The number of rotatable bonds is 9. The number of esters is 1. The van der Waals surface area contributed by atoms with E-state index in [0.717, 1.165) is 28.2 Å². The summed E-state index contributed by atoms with van der Waals surface area (Å²) < 4.78 is 12.5. The molecule has 0 saturated heterocycles. The second-order valence-corrected chi connectivity index (χ2v) is 9.32. The molecule has 0 spiro atoms.